The third-order valence-corrected chi connectivity index (χ3v) is 5.19. The maximum Gasteiger partial charge on any atom is 0.321 e. The van der Waals surface area contributed by atoms with Crippen molar-refractivity contribution in [2.24, 2.45) is 0 Å². The fourth-order valence-electron chi connectivity index (χ4n) is 3.49. The highest BCUT2D eigenvalue weighted by atomic mass is 16.6. The molecule has 1 heterocycles. The largest absolute Gasteiger partial charge is 0.494 e. The van der Waals surface area contributed by atoms with Crippen LogP contribution in [0, 0.1) is 0 Å². The average molecular weight is 375 g/mol. The Labute approximate surface area is 163 Å². The van der Waals surface area contributed by atoms with Crippen LogP contribution in [0.15, 0.2) is 24.3 Å². The van der Waals surface area contributed by atoms with E-state index in [1.807, 2.05) is 12.1 Å². The second kappa shape index (κ2) is 11.8. The lowest BCUT2D eigenvalue weighted by atomic mass is 9.95. The van der Waals surface area contributed by atoms with E-state index in [-0.39, 0.29) is 5.78 Å². The van der Waals surface area contributed by atoms with Crippen LogP contribution in [0.25, 0.3) is 0 Å². The Bertz CT molecular complexity index is 579. The molecule has 1 aliphatic heterocycles. The molecule has 0 aromatic heterocycles. The molecule has 1 saturated heterocycles. The number of rotatable bonds is 13. The first kappa shape index (κ1) is 21.5. The highest BCUT2D eigenvalue weighted by molar-refractivity contribution is 6.11. The first-order valence-electron chi connectivity index (χ1n) is 10.6. The van der Waals surface area contributed by atoms with Gasteiger partial charge in [0, 0.05) is 0 Å². The lowest BCUT2D eigenvalue weighted by Gasteiger charge is -2.09. The van der Waals surface area contributed by atoms with Gasteiger partial charge in [0.25, 0.3) is 0 Å². The van der Waals surface area contributed by atoms with Crippen LogP contribution in [0.3, 0.4) is 0 Å². The fourth-order valence-corrected chi connectivity index (χ4v) is 3.49. The van der Waals surface area contributed by atoms with Gasteiger partial charge in [-0.2, -0.15) is 0 Å². The molecule has 1 aromatic rings. The van der Waals surface area contributed by atoms with Gasteiger partial charge in [-0.05, 0) is 31.0 Å². The number of hydrogen-bond acceptors (Lipinski definition) is 4. The van der Waals surface area contributed by atoms with Gasteiger partial charge in [0.15, 0.2) is 11.9 Å². The van der Waals surface area contributed by atoms with Crippen molar-refractivity contribution in [1.29, 1.82) is 0 Å². The van der Waals surface area contributed by atoms with Gasteiger partial charge in [0.1, 0.15) is 11.7 Å². The van der Waals surface area contributed by atoms with Crippen LogP contribution >= 0.6 is 0 Å². The Hall–Kier alpha value is -1.84. The topological polar surface area (TPSA) is 52.6 Å². The number of Topliss-reactive ketones (excluding diaryl/α,β-unsaturated/α-hetero) is 1. The highest BCUT2D eigenvalue weighted by Crippen LogP contribution is 2.28. The summed E-state index contributed by atoms with van der Waals surface area (Å²) >= 11 is 0. The molecule has 0 spiro atoms. The number of esters is 1. The zero-order valence-electron chi connectivity index (χ0n) is 16.9. The molecule has 2 rings (SSSR count). The maximum absolute atomic E-state index is 12.0. The molecule has 1 fully saturated rings. The molecular formula is C23H34O4. The van der Waals surface area contributed by atoms with Gasteiger partial charge in [0.2, 0.25) is 0 Å². The van der Waals surface area contributed by atoms with Gasteiger partial charge in [-0.15, -0.1) is 0 Å². The molecule has 0 aliphatic carbocycles. The molecule has 4 nitrogen and oxygen atoms in total. The molecular weight excluding hydrogens is 340 g/mol. The van der Waals surface area contributed by atoms with E-state index in [2.05, 4.69) is 6.92 Å². The minimum atomic E-state index is -0.781. The van der Waals surface area contributed by atoms with E-state index in [1.54, 1.807) is 19.1 Å². The molecule has 0 N–H and O–H groups in total. The van der Waals surface area contributed by atoms with Crippen LogP contribution in [-0.2, 0) is 14.3 Å². The Morgan fingerprint density at radius 3 is 1.93 bits per heavy atom. The van der Waals surface area contributed by atoms with Gasteiger partial charge < -0.3 is 9.47 Å². The van der Waals surface area contributed by atoms with Crippen molar-refractivity contribution in [2.45, 2.75) is 90.1 Å². The molecule has 27 heavy (non-hydrogen) atoms. The van der Waals surface area contributed by atoms with Gasteiger partial charge >= 0.3 is 5.97 Å². The van der Waals surface area contributed by atoms with Crippen molar-refractivity contribution >= 4 is 11.8 Å². The molecule has 0 amide bonds. The molecule has 0 bridgehead atoms. The summed E-state index contributed by atoms with van der Waals surface area (Å²) in [6, 6.07) is 7.23. The first-order valence-corrected chi connectivity index (χ1v) is 10.6. The normalized spacial score (nSPS) is 19.3. The summed E-state index contributed by atoms with van der Waals surface area (Å²) in [4.78, 5) is 23.8. The van der Waals surface area contributed by atoms with Crippen LogP contribution in [0.1, 0.15) is 89.5 Å². The molecule has 1 aromatic carbocycles. The van der Waals surface area contributed by atoms with E-state index in [0.29, 0.717) is 12.2 Å². The number of carbonyl (C=O) groups excluding carboxylic acids is 2. The Kier molecular flexibility index (Phi) is 9.37. The van der Waals surface area contributed by atoms with Gasteiger partial charge in [-0.1, -0.05) is 76.8 Å². The summed E-state index contributed by atoms with van der Waals surface area (Å²) in [5.74, 6) is -0.622. The number of ether oxygens (including phenoxy) is 2. The van der Waals surface area contributed by atoms with Crippen molar-refractivity contribution in [3.05, 3.63) is 29.8 Å². The van der Waals surface area contributed by atoms with Crippen molar-refractivity contribution in [1.82, 2.24) is 0 Å². The van der Waals surface area contributed by atoms with E-state index < -0.39 is 18.0 Å². The summed E-state index contributed by atoms with van der Waals surface area (Å²) in [6.45, 7) is 4.57. The second-order valence-corrected chi connectivity index (χ2v) is 7.51. The van der Waals surface area contributed by atoms with E-state index in [0.717, 1.165) is 12.2 Å². The fraction of sp³-hybridized carbons (Fsp3) is 0.652. The Balaban J connectivity index is 1.57. The van der Waals surface area contributed by atoms with Gasteiger partial charge in [-0.25, -0.2) is 0 Å². The smallest absolute Gasteiger partial charge is 0.321 e. The zero-order valence-corrected chi connectivity index (χ0v) is 16.9. The van der Waals surface area contributed by atoms with E-state index in [1.165, 1.54) is 57.8 Å². The van der Waals surface area contributed by atoms with Crippen LogP contribution in [0.5, 0.6) is 5.75 Å². The minimum Gasteiger partial charge on any atom is -0.494 e. The van der Waals surface area contributed by atoms with Crippen LogP contribution in [0.2, 0.25) is 0 Å². The highest BCUT2D eigenvalue weighted by Gasteiger charge is 2.41. The van der Waals surface area contributed by atoms with Crippen molar-refractivity contribution < 1.29 is 19.1 Å². The summed E-state index contributed by atoms with van der Waals surface area (Å²) in [7, 11) is 0. The number of benzene rings is 1. The average Bonchev–Trinajstić information content (AvgIpc) is 2.92. The number of hydrogen-bond donors (Lipinski definition) is 0. The third-order valence-electron chi connectivity index (χ3n) is 5.19. The van der Waals surface area contributed by atoms with E-state index in [4.69, 9.17) is 9.47 Å². The number of cyclic esters (lactones) is 1. The van der Waals surface area contributed by atoms with E-state index in [9.17, 15) is 9.59 Å². The summed E-state index contributed by atoms with van der Waals surface area (Å²) < 4.78 is 10.8. The van der Waals surface area contributed by atoms with Crippen molar-refractivity contribution in [2.75, 3.05) is 6.61 Å². The molecule has 0 radical (unpaired) electrons. The molecule has 4 heteroatoms. The second-order valence-electron chi connectivity index (χ2n) is 7.51. The van der Waals surface area contributed by atoms with Crippen molar-refractivity contribution in [3.8, 4) is 5.75 Å². The molecule has 0 saturated carbocycles. The first-order chi connectivity index (χ1) is 13.1. The third kappa shape index (κ3) is 7.00. The molecule has 2 atom stereocenters. The van der Waals surface area contributed by atoms with Crippen LogP contribution in [0.4, 0.5) is 0 Å². The quantitative estimate of drug-likeness (QED) is 0.257. The van der Waals surface area contributed by atoms with Gasteiger partial charge in [0.05, 0.1) is 6.61 Å². The predicted molar refractivity (Wildman–Crippen MR) is 107 cm³/mol. The van der Waals surface area contributed by atoms with Crippen molar-refractivity contribution in [3.63, 3.8) is 0 Å². The standard InChI is InChI=1S/C23H34O4/c1-3-4-5-6-7-8-9-10-11-12-17-26-20-15-13-19(14-16-20)21-22(24)18(2)27-23(21)25/h13-16,18,21H,3-12,17H2,1-2H3. The lowest BCUT2D eigenvalue weighted by molar-refractivity contribution is -0.142. The number of carbonyl (C=O) groups is 2. The summed E-state index contributed by atoms with van der Waals surface area (Å²) in [5.41, 5.74) is 0.681. The lowest BCUT2D eigenvalue weighted by Crippen LogP contribution is -2.16. The Morgan fingerprint density at radius 1 is 0.852 bits per heavy atom. The summed E-state index contributed by atoms with van der Waals surface area (Å²) in [5, 5.41) is 0. The molecule has 150 valence electrons. The number of unbranched alkanes of at least 4 members (excludes halogenated alkanes) is 9. The molecule has 1 aliphatic rings. The van der Waals surface area contributed by atoms with Crippen LogP contribution < -0.4 is 4.74 Å². The Morgan fingerprint density at radius 2 is 1.41 bits per heavy atom. The minimum absolute atomic E-state index is 0.168. The van der Waals surface area contributed by atoms with E-state index >= 15 is 0 Å². The maximum atomic E-state index is 12.0. The summed E-state index contributed by atoms with van der Waals surface area (Å²) in [6.07, 6.45) is 12.4. The monoisotopic (exact) mass is 374 g/mol. The predicted octanol–water partition coefficient (Wildman–Crippen LogP) is 5.58. The molecule has 2 unspecified atom stereocenters. The number of ketones is 1. The van der Waals surface area contributed by atoms with Gasteiger partial charge in [-0.3, -0.25) is 9.59 Å². The SMILES string of the molecule is CCCCCCCCCCCCOc1ccc(C2C(=O)OC(C)C2=O)cc1. The zero-order chi connectivity index (χ0) is 19.5. The van der Waals surface area contributed by atoms with Crippen LogP contribution in [-0.4, -0.2) is 24.5 Å².